The predicted octanol–water partition coefficient (Wildman–Crippen LogP) is 7.14. The summed E-state index contributed by atoms with van der Waals surface area (Å²) in [5.41, 5.74) is 3.51. The second-order valence-corrected chi connectivity index (χ2v) is 10.4. The minimum absolute atomic E-state index is 0.0539. The Kier molecular flexibility index (Phi) is 9.46. The Labute approximate surface area is 265 Å². The third kappa shape index (κ3) is 6.60. The van der Waals surface area contributed by atoms with E-state index in [9.17, 15) is 25.0 Å². The Morgan fingerprint density at radius 3 is 1.76 bits per heavy atom. The van der Waals surface area contributed by atoms with E-state index in [0.29, 0.717) is 34.0 Å². The molecule has 1 aliphatic heterocycles. The SMILES string of the molecule is CCOC(=O)C1=C(Nc2ccc(OC)cc2)CC(c2ccc([N+](=O)[O-])cc2)N(c2ccc(OC)cc2)C1c1ccc([N+](=O)[O-])cc1. The fraction of sp³-hybridized carbons (Fsp3) is 0.206. The number of nitro groups is 2. The first-order valence-corrected chi connectivity index (χ1v) is 14.5. The molecule has 0 fully saturated rings. The van der Waals surface area contributed by atoms with Gasteiger partial charge in [-0.1, -0.05) is 12.1 Å². The van der Waals surface area contributed by atoms with Crippen LogP contribution in [0.4, 0.5) is 22.7 Å². The van der Waals surface area contributed by atoms with Crippen molar-refractivity contribution in [2.75, 3.05) is 31.0 Å². The molecule has 2 unspecified atom stereocenters. The average molecular weight is 625 g/mol. The molecule has 0 bridgehead atoms. The number of rotatable bonds is 11. The van der Waals surface area contributed by atoms with Crippen molar-refractivity contribution in [1.82, 2.24) is 0 Å². The maximum atomic E-state index is 13.9. The monoisotopic (exact) mass is 624 g/mol. The van der Waals surface area contributed by atoms with E-state index in [1.807, 2.05) is 29.2 Å². The maximum Gasteiger partial charge on any atom is 0.338 e. The van der Waals surface area contributed by atoms with Crippen molar-refractivity contribution in [1.29, 1.82) is 0 Å². The lowest BCUT2D eigenvalue weighted by Gasteiger charge is -2.46. The zero-order chi connectivity index (χ0) is 32.8. The van der Waals surface area contributed by atoms with Crippen molar-refractivity contribution in [3.8, 4) is 11.5 Å². The zero-order valence-electron chi connectivity index (χ0n) is 25.4. The van der Waals surface area contributed by atoms with Gasteiger partial charge in [-0.3, -0.25) is 20.2 Å². The number of benzene rings is 4. The van der Waals surface area contributed by atoms with E-state index in [2.05, 4.69) is 5.32 Å². The van der Waals surface area contributed by atoms with Gasteiger partial charge in [-0.05, 0) is 78.7 Å². The smallest absolute Gasteiger partial charge is 0.338 e. The van der Waals surface area contributed by atoms with Gasteiger partial charge in [0.05, 0.1) is 48.3 Å². The number of hydrogen-bond acceptors (Lipinski definition) is 10. The van der Waals surface area contributed by atoms with Crippen molar-refractivity contribution < 1.29 is 28.9 Å². The number of hydrogen-bond donors (Lipinski definition) is 1. The maximum absolute atomic E-state index is 13.9. The third-order valence-corrected chi connectivity index (χ3v) is 7.77. The number of nitrogens with zero attached hydrogens (tertiary/aromatic N) is 3. The van der Waals surface area contributed by atoms with E-state index in [1.165, 1.54) is 24.3 Å². The van der Waals surface area contributed by atoms with E-state index in [1.54, 1.807) is 69.7 Å². The van der Waals surface area contributed by atoms with Crippen molar-refractivity contribution in [3.63, 3.8) is 0 Å². The van der Waals surface area contributed by atoms with Crippen LogP contribution in [0, 0.1) is 20.2 Å². The summed E-state index contributed by atoms with van der Waals surface area (Å²) in [5, 5.41) is 26.5. The molecule has 0 aromatic heterocycles. The standard InChI is InChI=1S/C34H32N4O8/c1-4-46-34(39)32-30(35-24-9-17-28(44-2)18-10-24)21-31(22-5-11-26(12-6-22)37(40)41)36(25-15-19-29(45-3)20-16-25)33(32)23-7-13-27(14-8-23)38(42)43/h5-20,31,33,35H,4,21H2,1-3H3. The van der Waals surface area contributed by atoms with Crippen molar-refractivity contribution >= 4 is 28.7 Å². The van der Waals surface area contributed by atoms with E-state index in [0.717, 1.165) is 11.3 Å². The zero-order valence-corrected chi connectivity index (χ0v) is 25.4. The summed E-state index contributed by atoms with van der Waals surface area (Å²) in [4.78, 5) is 38.0. The van der Waals surface area contributed by atoms with Crippen LogP contribution in [-0.4, -0.2) is 36.6 Å². The molecule has 5 rings (SSSR count). The topological polar surface area (TPSA) is 146 Å². The highest BCUT2D eigenvalue weighted by atomic mass is 16.6. The molecular formula is C34H32N4O8. The summed E-state index contributed by atoms with van der Waals surface area (Å²) < 4.78 is 16.3. The lowest BCUT2D eigenvalue weighted by atomic mass is 9.84. The first-order chi connectivity index (χ1) is 22.2. The molecule has 12 nitrogen and oxygen atoms in total. The summed E-state index contributed by atoms with van der Waals surface area (Å²) in [6.45, 7) is 1.85. The summed E-state index contributed by atoms with van der Waals surface area (Å²) in [5.74, 6) is 0.733. The molecule has 0 radical (unpaired) electrons. The van der Waals surface area contributed by atoms with Gasteiger partial charge < -0.3 is 24.4 Å². The highest BCUT2D eigenvalue weighted by Crippen LogP contribution is 2.48. The van der Waals surface area contributed by atoms with Gasteiger partial charge in [0, 0.05) is 47.8 Å². The molecule has 0 saturated heterocycles. The number of ether oxygens (including phenoxy) is 3. The number of esters is 1. The molecule has 1 aliphatic rings. The van der Waals surface area contributed by atoms with Gasteiger partial charge in [-0.15, -0.1) is 0 Å². The fourth-order valence-electron chi connectivity index (χ4n) is 5.58. The van der Waals surface area contributed by atoms with Crippen LogP contribution in [-0.2, 0) is 9.53 Å². The van der Waals surface area contributed by atoms with Gasteiger partial charge in [0.2, 0.25) is 0 Å². The van der Waals surface area contributed by atoms with Crippen LogP contribution in [0.25, 0.3) is 0 Å². The Hall–Kier alpha value is -5.91. The third-order valence-electron chi connectivity index (χ3n) is 7.77. The van der Waals surface area contributed by atoms with Gasteiger partial charge in [0.15, 0.2) is 0 Å². The van der Waals surface area contributed by atoms with Gasteiger partial charge in [-0.25, -0.2) is 4.79 Å². The number of anilines is 2. The normalized spacial score (nSPS) is 16.0. The number of carbonyl (C=O) groups is 1. The Morgan fingerprint density at radius 1 is 0.783 bits per heavy atom. The van der Waals surface area contributed by atoms with E-state index in [-0.39, 0.29) is 24.4 Å². The van der Waals surface area contributed by atoms with Crippen LogP contribution in [0.5, 0.6) is 11.5 Å². The van der Waals surface area contributed by atoms with Crippen molar-refractivity contribution in [3.05, 3.63) is 140 Å². The Morgan fingerprint density at radius 2 is 1.28 bits per heavy atom. The molecule has 0 aliphatic carbocycles. The molecule has 0 saturated carbocycles. The molecule has 1 N–H and O–H groups in total. The molecule has 1 heterocycles. The molecule has 46 heavy (non-hydrogen) atoms. The Bertz CT molecular complexity index is 1740. The molecule has 4 aromatic rings. The number of non-ortho nitro benzene ring substituents is 2. The van der Waals surface area contributed by atoms with Gasteiger partial charge in [-0.2, -0.15) is 0 Å². The molecule has 236 valence electrons. The second kappa shape index (κ2) is 13.8. The van der Waals surface area contributed by atoms with Crippen LogP contribution < -0.4 is 19.7 Å². The number of methoxy groups -OCH3 is 2. The molecule has 2 atom stereocenters. The molecule has 0 spiro atoms. The van der Waals surface area contributed by atoms with Crippen LogP contribution in [0.1, 0.15) is 36.6 Å². The Balaban J connectivity index is 1.77. The number of carbonyl (C=O) groups excluding carboxylic acids is 1. The second-order valence-electron chi connectivity index (χ2n) is 10.4. The van der Waals surface area contributed by atoms with Crippen LogP contribution >= 0.6 is 0 Å². The largest absolute Gasteiger partial charge is 0.497 e. The minimum atomic E-state index is -0.789. The summed E-state index contributed by atoms with van der Waals surface area (Å²) in [7, 11) is 3.14. The predicted molar refractivity (Wildman–Crippen MR) is 172 cm³/mol. The van der Waals surface area contributed by atoms with Crippen molar-refractivity contribution in [2.24, 2.45) is 0 Å². The van der Waals surface area contributed by atoms with Gasteiger partial charge >= 0.3 is 5.97 Å². The van der Waals surface area contributed by atoms with Gasteiger partial charge in [0.1, 0.15) is 11.5 Å². The molecule has 12 heteroatoms. The number of nitrogens with one attached hydrogen (secondary N) is 1. The van der Waals surface area contributed by atoms with Crippen LogP contribution in [0.2, 0.25) is 0 Å². The van der Waals surface area contributed by atoms with E-state index < -0.39 is 27.9 Å². The lowest BCUT2D eigenvalue weighted by molar-refractivity contribution is -0.385. The molecule has 0 amide bonds. The lowest BCUT2D eigenvalue weighted by Crippen LogP contribution is -2.41. The van der Waals surface area contributed by atoms with Crippen LogP contribution in [0.15, 0.2) is 108 Å². The first-order valence-electron chi connectivity index (χ1n) is 14.5. The highest BCUT2D eigenvalue weighted by molar-refractivity contribution is 5.93. The quantitative estimate of drug-likeness (QED) is 0.104. The fourth-order valence-corrected chi connectivity index (χ4v) is 5.58. The van der Waals surface area contributed by atoms with Crippen molar-refractivity contribution in [2.45, 2.75) is 25.4 Å². The van der Waals surface area contributed by atoms with Crippen LogP contribution in [0.3, 0.4) is 0 Å². The first kappa shape index (κ1) is 31.5. The van der Waals surface area contributed by atoms with Gasteiger partial charge in [0.25, 0.3) is 11.4 Å². The van der Waals surface area contributed by atoms with E-state index >= 15 is 0 Å². The molecule has 4 aromatic carbocycles. The van der Waals surface area contributed by atoms with E-state index in [4.69, 9.17) is 14.2 Å². The molecular weight excluding hydrogens is 592 g/mol. The average Bonchev–Trinajstić information content (AvgIpc) is 3.08. The highest BCUT2D eigenvalue weighted by Gasteiger charge is 2.42. The summed E-state index contributed by atoms with van der Waals surface area (Å²) >= 11 is 0. The minimum Gasteiger partial charge on any atom is -0.497 e. The summed E-state index contributed by atoms with van der Waals surface area (Å²) in [6.07, 6.45) is 0.285. The summed E-state index contributed by atoms with van der Waals surface area (Å²) in [6, 6.07) is 25.7. The number of nitro benzene ring substituents is 2.